The first-order valence-corrected chi connectivity index (χ1v) is 18.7. The maximum Gasteiger partial charge on any atom is 0.306 e. The quantitative estimate of drug-likeness (QED) is 0.0458. The summed E-state index contributed by atoms with van der Waals surface area (Å²) in [7, 11) is 0. The first kappa shape index (κ1) is 40.7. The highest BCUT2D eigenvalue weighted by atomic mass is 16.5. The predicted molar refractivity (Wildman–Crippen MR) is 181 cm³/mol. The van der Waals surface area contributed by atoms with E-state index in [-0.39, 0.29) is 18.5 Å². The summed E-state index contributed by atoms with van der Waals surface area (Å²) in [6.07, 6.45) is 41.0. The van der Waals surface area contributed by atoms with Crippen LogP contribution in [0.4, 0.5) is 0 Å². The Kier molecular flexibility index (Phi) is 33.1. The Labute approximate surface area is 262 Å². The van der Waals surface area contributed by atoms with Crippen LogP contribution in [-0.2, 0) is 14.3 Å². The van der Waals surface area contributed by atoms with Crippen LogP contribution in [0, 0.1) is 0 Å². The summed E-state index contributed by atoms with van der Waals surface area (Å²) in [5.41, 5.74) is 0. The molecule has 42 heavy (non-hydrogen) atoms. The molecule has 0 aliphatic heterocycles. The second-order valence-electron chi connectivity index (χ2n) is 12.8. The maximum absolute atomic E-state index is 12.4. The molecular formula is C38H72O4. The van der Waals surface area contributed by atoms with E-state index in [0.29, 0.717) is 12.8 Å². The van der Waals surface area contributed by atoms with Crippen LogP contribution >= 0.6 is 0 Å². The summed E-state index contributed by atoms with van der Waals surface area (Å²) in [5, 5.41) is 8.88. The van der Waals surface area contributed by atoms with Gasteiger partial charge in [-0.15, -0.1) is 0 Å². The van der Waals surface area contributed by atoms with Gasteiger partial charge in [-0.2, -0.15) is 0 Å². The normalized spacial score (nSPS) is 12.2. The van der Waals surface area contributed by atoms with Crippen LogP contribution in [0.5, 0.6) is 0 Å². The second-order valence-corrected chi connectivity index (χ2v) is 12.8. The summed E-state index contributed by atoms with van der Waals surface area (Å²) in [6.45, 7) is 4.51. The number of ether oxygens (including phenoxy) is 1. The van der Waals surface area contributed by atoms with Crippen molar-refractivity contribution in [2.24, 2.45) is 0 Å². The summed E-state index contributed by atoms with van der Waals surface area (Å²) in [6, 6.07) is 0. The fourth-order valence-corrected chi connectivity index (χ4v) is 5.71. The van der Waals surface area contributed by atoms with Crippen molar-refractivity contribution in [1.82, 2.24) is 0 Å². The van der Waals surface area contributed by atoms with E-state index in [1.807, 2.05) is 0 Å². The van der Waals surface area contributed by atoms with Crippen LogP contribution in [0.25, 0.3) is 0 Å². The molecular weight excluding hydrogens is 520 g/mol. The molecule has 0 aromatic rings. The molecule has 1 unspecified atom stereocenters. The second kappa shape index (κ2) is 34.2. The van der Waals surface area contributed by atoms with E-state index in [4.69, 9.17) is 9.84 Å². The molecule has 0 rings (SSSR count). The molecule has 4 heteroatoms. The molecule has 0 radical (unpaired) electrons. The minimum absolute atomic E-state index is 0.0381. The van der Waals surface area contributed by atoms with Crippen molar-refractivity contribution in [1.29, 1.82) is 0 Å². The van der Waals surface area contributed by atoms with E-state index < -0.39 is 5.97 Å². The number of allylic oxidation sites excluding steroid dienone is 2. The van der Waals surface area contributed by atoms with Crippen LogP contribution in [0.1, 0.15) is 213 Å². The zero-order chi connectivity index (χ0) is 30.8. The molecule has 4 nitrogen and oxygen atoms in total. The third kappa shape index (κ3) is 33.2. The molecule has 0 spiro atoms. The van der Waals surface area contributed by atoms with Crippen LogP contribution in [0.2, 0.25) is 0 Å². The highest BCUT2D eigenvalue weighted by Crippen LogP contribution is 2.18. The number of hydrogen-bond acceptors (Lipinski definition) is 3. The average molecular weight is 593 g/mol. The van der Waals surface area contributed by atoms with E-state index in [1.165, 1.54) is 141 Å². The lowest BCUT2D eigenvalue weighted by molar-refractivity contribution is -0.150. The van der Waals surface area contributed by atoms with Gasteiger partial charge < -0.3 is 9.84 Å². The predicted octanol–water partition coefficient (Wildman–Crippen LogP) is 12.7. The number of carboxylic acids is 1. The molecule has 0 bridgehead atoms. The smallest absolute Gasteiger partial charge is 0.306 e. The number of carboxylic acid groups (broad SMARTS) is 1. The first-order chi connectivity index (χ1) is 20.6. The number of hydrogen-bond donors (Lipinski definition) is 1. The van der Waals surface area contributed by atoms with Gasteiger partial charge in [0.1, 0.15) is 6.10 Å². The summed E-state index contributed by atoms with van der Waals surface area (Å²) >= 11 is 0. The van der Waals surface area contributed by atoms with Crippen LogP contribution < -0.4 is 0 Å². The summed E-state index contributed by atoms with van der Waals surface area (Å²) < 4.78 is 5.84. The Balaban J connectivity index is 3.65. The molecule has 0 saturated carbocycles. The minimum atomic E-state index is -0.743. The Morgan fingerprint density at radius 3 is 1.31 bits per heavy atom. The maximum atomic E-state index is 12.4. The van der Waals surface area contributed by atoms with Crippen molar-refractivity contribution in [3.63, 3.8) is 0 Å². The standard InChI is InChI=1S/C38H72O4/c1-3-5-7-9-11-12-13-14-15-16-17-18-19-20-21-22-23-24-25-27-29-35-38(41)42-36(33-30-31-34-37(39)40)32-28-26-10-8-6-4-2/h14-15,36H,3-13,16-35H2,1-2H3,(H,39,40)/b15-14-. The lowest BCUT2D eigenvalue weighted by Gasteiger charge is -2.18. The fourth-order valence-electron chi connectivity index (χ4n) is 5.71. The molecule has 0 aliphatic carbocycles. The van der Waals surface area contributed by atoms with Gasteiger partial charge in [0.25, 0.3) is 0 Å². The molecule has 0 aromatic carbocycles. The molecule has 0 heterocycles. The number of carbonyl (C=O) groups excluding carboxylic acids is 1. The van der Waals surface area contributed by atoms with Crippen molar-refractivity contribution in [2.75, 3.05) is 0 Å². The van der Waals surface area contributed by atoms with Crippen molar-refractivity contribution < 1.29 is 19.4 Å². The van der Waals surface area contributed by atoms with Gasteiger partial charge in [-0.1, -0.05) is 148 Å². The highest BCUT2D eigenvalue weighted by Gasteiger charge is 2.14. The van der Waals surface area contributed by atoms with Gasteiger partial charge in [-0.3, -0.25) is 9.59 Å². The average Bonchev–Trinajstić information content (AvgIpc) is 2.97. The van der Waals surface area contributed by atoms with E-state index in [1.54, 1.807) is 0 Å². The Morgan fingerprint density at radius 1 is 0.500 bits per heavy atom. The highest BCUT2D eigenvalue weighted by molar-refractivity contribution is 5.69. The third-order valence-electron chi connectivity index (χ3n) is 8.49. The van der Waals surface area contributed by atoms with E-state index in [2.05, 4.69) is 26.0 Å². The monoisotopic (exact) mass is 593 g/mol. The van der Waals surface area contributed by atoms with Gasteiger partial charge in [-0.05, 0) is 64.2 Å². The molecule has 248 valence electrons. The van der Waals surface area contributed by atoms with Crippen LogP contribution in [-0.4, -0.2) is 23.1 Å². The number of unbranched alkanes of at least 4 members (excludes halogenated alkanes) is 23. The Bertz CT molecular complexity index is 600. The Hall–Kier alpha value is -1.32. The van der Waals surface area contributed by atoms with Crippen molar-refractivity contribution >= 4 is 11.9 Å². The van der Waals surface area contributed by atoms with Gasteiger partial charge >= 0.3 is 11.9 Å². The first-order valence-electron chi connectivity index (χ1n) is 18.7. The van der Waals surface area contributed by atoms with Gasteiger partial charge in [-0.25, -0.2) is 0 Å². The minimum Gasteiger partial charge on any atom is -0.481 e. The Morgan fingerprint density at radius 2 is 0.857 bits per heavy atom. The summed E-state index contributed by atoms with van der Waals surface area (Å²) in [4.78, 5) is 23.2. The molecule has 1 N–H and O–H groups in total. The number of aliphatic carboxylic acids is 1. The van der Waals surface area contributed by atoms with Gasteiger partial charge in [0.2, 0.25) is 0 Å². The lowest BCUT2D eigenvalue weighted by Crippen LogP contribution is -2.18. The van der Waals surface area contributed by atoms with Crippen molar-refractivity contribution in [3.8, 4) is 0 Å². The van der Waals surface area contributed by atoms with E-state index in [0.717, 1.165) is 38.5 Å². The zero-order valence-electron chi connectivity index (χ0n) is 28.3. The van der Waals surface area contributed by atoms with E-state index in [9.17, 15) is 9.59 Å². The van der Waals surface area contributed by atoms with Crippen molar-refractivity contribution in [2.45, 2.75) is 219 Å². The largest absolute Gasteiger partial charge is 0.481 e. The molecule has 0 fully saturated rings. The van der Waals surface area contributed by atoms with Gasteiger partial charge in [0.05, 0.1) is 0 Å². The number of esters is 1. The SMILES string of the molecule is CCCCCCCC/C=C\CCCCCCCCCCCCCC(=O)OC(CCCCCCCC)CCCCC(=O)O. The molecule has 1 atom stereocenters. The van der Waals surface area contributed by atoms with Crippen LogP contribution in [0.15, 0.2) is 12.2 Å². The zero-order valence-corrected chi connectivity index (χ0v) is 28.3. The van der Waals surface area contributed by atoms with Gasteiger partial charge in [0.15, 0.2) is 0 Å². The van der Waals surface area contributed by atoms with Gasteiger partial charge in [0, 0.05) is 12.8 Å². The van der Waals surface area contributed by atoms with Crippen LogP contribution in [0.3, 0.4) is 0 Å². The van der Waals surface area contributed by atoms with Crippen molar-refractivity contribution in [3.05, 3.63) is 12.2 Å². The summed E-state index contributed by atoms with van der Waals surface area (Å²) in [5.74, 6) is -0.801. The topological polar surface area (TPSA) is 63.6 Å². The van der Waals surface area contributed by atoms with E-state index >= 15 is 0 Å². The number of carbonyl (C=O) groups is 2. The molecule has 0 aliphatic rings. The molecule has 0 saturated heterocycles. The fraction of sp³-hybridized carbons (Fsp3) is 0.895. The number of rotatable bonds is 34. The third-order valence-corrected chi connectivity index (χ3v) is 8.49. The molecule has 0 aromatic heterocycles. The lowest BCUT2D eigenvalue weighted by atomic mass is 10.0. The molecule has 0 amide bonds.